The van der Waals surface area contributed by atoms with Crippen LogP contribution in [0.1, 0.15) is 0 Å². The predicted octanol–water partition coefficient (Wildman–Crippen LogP) is 4.07. The van der Waals surface area contributed by atoms with E-state index >= 15 is 0 Å². The lowest BCUT2D eigenvalue weighted by atomic mass is 10.3. The first-order valence-corrected chi connectivity index (χ1v) is 7.32. The fourth-order valence-corrected chi connectivity index (χ4v) is 3.82. The Kier molecular flexibility index (Phi) is 2.43. The van der Waals surface area contributed by atoms with Crippen LogP contribution in [0.3, 0.4) is 0 Å². The third-order valence-corrected chi connectivity index (χ3v) is 4.74. The summed E-state index contributed by atoms with van der Waals surface area (Å²) >= 11 is 3.37. The van der Waals surface area contributed by atoms with Crippen molar-refractivity contribution in [2.24, 2.45) is 0 Å². The first-order chi connectivity index (χ1) is 9.40. The van der Waals surface area contributed by atoms with E-state index in [0.717, 1.165) is 4.88 Å². The molecule has 0 atom stereocenters. The van der Waals surface area contributed by atoms with Gasteiger partial charge in [0, 0.05) is 15.6 Å². The van der Waals surface area contributed by atoms with Gasteiger partial charge in [0.05, 0.1) is 4.88 Å². The molecule has 0 spiro atoms. The molecule has 0 aromatic carbocycles. The summed E-state index contributed by atoms with van der Waals surface area (Å²) in [6.07, 6.45) is 1.71. The zero-order valence-electron chi connectivity index (χ0n) is 9.61. The van der Waals surface area contributed by atoms with E-state index in [9.17, 15) is 0 Å². The van der Waals surface area contributed by atoms with Crippen molar-refractivity contribution in [3.8, 4) is 22.4 Å². The fraction of sp³-hybridized carbons (Fsp3) is 0. The molecule has 0 saturated carbocycles. The number of hydrogen-bond donors (Lipinski definition) is 0. The number of rotatable bonds is 2. The highest BCUT2D eigenvalue weighted by Gasteiger charge is 2.13. The van der Waals surface area contributed by atoms with E-state index in [2.05, 4.69) is 32.7 Å². The van der Waals surface area contributed by atoms with Crippen molar-refractivity contribution in [3.63, 3.8) is 0 Å². The molecule has 0 unspecified atom stereocenters. The quantitative estimate of drug-likeness (QED) is 0.557. The monoisotopic (exact) mass is 285 g/mol. The molecule has 0 aliphatic carbocycles. The molecule has 0 fully saturated rings. The van der Waals surface area contributed by atoms with Crippen LogP contribution < -0.4 is 0 Å². The number of nitrogens with zero attached hydrogens (tertiary/aromatic N) is 3. The molecule has 4 aromatic heterocycles. The Hall–Kier alpha value is -2.05. The minimum absolute atomic E-state index is 0.451. The molecule has 92 valence electrons. The van der Waals surface area contributed by atoms with Crippen LogP contribution >= 0.6 is 22.7 Å². The Morgan fingerprint density at radius 2 is 1.95 bits per heavy atom. The molecule has 4 aromatic rings. The lowest BCUT2D eigenvalue weighted by molar-refractivity contribution is 0.583. The smallest absolute Gasteiger partial charge is 0.266 e. The molecule has 4 heterocycles. The van der Waals surface area contributed by atoms with Gasteiger partial charge in [-0.05, 0) is 29.6 Å². The lowest BCUT2D eigenvalue weighted by Gasteiger charge is -1.90. The topological polar surface area (TPSA) is 51.8 Å². The van der Waals surface area contributed by atoms with Gasteiger partial charge in [-0.3, -0.25) is 4.98 Å². The molecule has 0 saturated heterocycles. The first kappa shape index (κ1) is 10.8. The summed E-state index contributed by atoms with van der Waals surface area (Å²) < 4.78 is 8.18. The third-order valence-electron chi connectivity index (χ3n) is 2.66. The second-order valence-corrected chi connectivity index (χ2v) is 5.92. The van der Waals surface area contributed by atoms with Crippen molar-refractivity contribution >= 4 is 32.1 Å². The average molecular weight is 285 g/mol. The molecule has 4 rings (SSSR count). The molecule has 6 heteroatoms. The van der Waals surface area contributed by atoms with Gasteiger partial charge in [-0.25, -0.2) is 0 Å². The molecule has 0 radical (unpaired) electrons. The summed E-state index contributed by atoms with van der Waals surface area (Å²) in [6, 6.07) is 9.79. The summed E-state index contributed by atoms with van der Waals surface area (Å²) in [4.78, 5) is 5.19. The highest BCUT2D eigenvalue weighted by Crippen LogP contribution is 2.36. The van der Waals surface area contributed by atoms with Crippen molar-refractivity contribution in [2.45, 2.75) is 0 Å². The summed E-state index contributed by atoms with van der Waals surface area (Å²) in [6.45, 7) is 0. The minimum atomic E-state index is 0.451. The summed E-state index contributed by atoms with van der Waals surface area (Å²) in [5.74, 6) is 1.00. The van der Waals surface area contributed by atoms with Crippen molar-refractivity contribution in [3.05, 3.63) is 41.9 Å². The maximum absolute atomic E-state index is 5.69. The number of hydrogen-bond acceptors (Lipinski definition) is 6. The van der Waals surface area contributed by atoms with Gasteiger partial charge in [-0.15, -0.1) is 32.9 Å². The van der Waals surface area contributed by atoms with Crippen LogP contribution in [0.15, 0.2) is 46.3 Å². The molecule has 0 bridgehead atoms. The normalized spacial score (nSPS) is 11.2. The zero-order valence-corrected chi connectivity index (χ0v) is 11.2. The van der Waals surface area contributed by atoms with Gasteiger partial charge in [0.15, 0.2) is 0 Å². The van der Waals surface area contributed by atoms with Crippen molar-refractivity contribution < 1.29 is 4.42 Å². The van der Waals surface area contributed by atoms with E-state index in [0.29, 0.717) is 17.5 Å². The summed E-state index contributed by atoms with van der Waals surface area (Å²) in [5.41, 5.74) is 0.694. The summed E-state index contributed by atoms with van der Waals surface area (Å²) in [7, 11) is 0. The van der Waals surface area contributed by atoms with Gasteiger partial charge in [-0.2, -0.15) is 0 Å². The van der Waals surface area contributed by atoms with E-state index in [1.165, 1.54) is 9.40 Å². The maximum atomic E-state index is 5.69. The Morgan fingerprint density at radius 1 is 1.00 bits per heavy atom. The molecular formula is C13H7N3OS2. The van der Waals surface area contributed by atoms with Crippen molar-refractivity contribution in [2.75, 3.05) is 0 Å². The van der Waals surface area contributed by atoms with Gasteiger partial charge in [0.2, 0.25) is 0 Å². The second kappa shape index (κ2) is 4.25. The Labute approximate surface area is 116 Å². The van der Waals surface area contributed by atoms with Crippen molar-refractivity contribution in [1.82, 2.24) is 15.2 Å². The Balaban J connectivity index is 1.77. The van der Waals surface area contributed by atoms with Crippen LogP contribution in [0.4, 0.5) is 0 Å². The van der Waals surface area contributed by atoms with Gasteiger partial charge < -0.3 is 4.42 Å². The Bertz CT molecular complexity index is 803. The van der Waals surface area contributed by atoms with Crippen LogP contribution in [-0.2, 0) is 0 Å². The van der Waals surface area contributed by atoms with Crippen LogP contribution in [0.5, 0.6) is 0 Å². The van der Waals surface area contributed by atoms with Crippen LogP contribution in [-0.4, -0.2) is 15.2 Å². The van der Waals surface area contributed by atoms with Gasteiger partial charge in [0.1, 0.15) is 5.69 Å². The Morgan fingerprint density at radius 3 is 2.79 bits per heavy atom. The highest BCUT2D eigenvalue weighted by molar-refractivity contribution is 7.28. The molecule has 0 aliphatic heterocycles. The third kappa shape index (κ3) is 1.85. The first-order valence-electron chi connectivity index (χ1n) is 5.62. The summed E-state index contributed by atoms with van der Waals surface area (Å²) in [5, 5.41) is 10.2. The van der Waals surface area contributed by atoms with Crippen LogP contribution in [0.2, 0.25) is 0 Å². The number of pyridine rings is 1. The van der Waals surface area contributed by atoms with E-state index < -0.39 is 0 Å². The van der Waals surface area contributed by atoms with E-state index in [4.69, 9.17) is 4.42 Å². The molecule has 0 N–H and O–H groups in total. The maximum Gasteiger partial charge on any atom is 0.266 e. The van der Waals surface area contributed by atoms with Crippen molar-refractivity contribution in [1.29, 1.82) is 0 Å². The van der Waals surface area contributed by atoms with Crippen LogP contribution in [0.25, 0.3) is 31.8 Å². The average Bonchev–Trinajstić information content (AvgIpc) is 3.14. The molecule has 0 amide bonds. The van der Waals surface area contributed by atoms with Gasteiger partial charge in [-0.1, -0.05) is 6.07 Å². The molecule has 0 aliphatic rings. The van der Waals surface area contributed by atoms with Gasteiger partial charge >= 0.3 is 0 Å². The molecule has 19 heavy (non-hydrogen) atoms. The standard InChI is InChI=1S/C13H7N3OS2/c1-2-5-14-8(3-1)12-15-16-13(17-12)11-7-10-9(19-11)4-6-18-10/h1-7H. The van der Waals surface area contributed by atoms with E-state index in [-0.39, 0.29) is 0 Å². The van der Waals surface area contributed by atoms with E-state index in [1.807, 2.05) is 18.2 Å². The molecular weight excluding hydrogens is 278 g/mol. The highest BCUT2D eigenvalue weighted by atomic mass is 32.1. The largest absolute Gasteiger partial charge is 0.414 e. The minimum Gasteiger partial charge on any atom is -0.414 e. The zero-order chi connectivity index (χ0) is 12.7. The second-order valence-electron chi connectivity index (χ2n) is 3.89. The predicted molar refractivity (Wildman–Crippen MR) is 76.2 cm³/mol. The van der Waals surface area contributed by atoms with E-state index in [1.54, 1.807) is 28.9 Å². The van der Waals surface area contributed by atoms with Crippen LogP contribution in [0, 0.1) is 0 Å². The fourth-order valence-electron chi connectivity index (χ4n) is 1.79. The lowest BCUT2D eigenvalue weighted by Crippen LogP contribution is -1.80. The SMILES string of the molecule is c1ccc(-c2nnc(-c3cc4sccc4s3)o2)nc1. The number of thiophene rings is 2. The number of aromatic nitrogens is 3. The van der Waals surface area contributed by atoms with Gasteiger partial charge in [0.25, 0.3) is 11.8 Å². The molecule has 4 nitrogen and oxygen atoms in total. The number of fused-ring (bicyclic) bond motifs is 1.